The number of hydrogen-bond donors (Lipinski definition) is 2. The highest BCUT2D eigenvalue weighted by atomic mass is 16.6. The second-order valence-electron chi connectivity index (χ2n) is 7.65. The Kier molecular flexibility index (Phi) is 2.03. The third-order valence-corrected chi connectivity index (χ3v) is 6.96. The van der Waals surface area contributed by atoms with Gasteiger partial charge >= 0.3 is 0 Å². The molecule has 3 nitrogen and oxygen atoms in total. The van der Waals surface area contributed by atoms with E-state index in [0.29, 0.717) is 17.8 Å². The first-order chi connectivity index (χ1) is 8.44. The Hall–Kier alpha value is -0.120. The molecule has 3 saturated carbocycles. The van der Waals surface area contributed by atoms with E-state index in [2.05, 4.69) is 20.8 Å². The van der Waals surface area contributed by atoms with Crippen molar-refractivity contribution in [3.05, 3.63) is 0 Å². The van der Waals surface area contributed by atoms with Crippen molar-refractivity contribution < 1.29 is 14.9 Å². The van der Waals surface area contributed by atoms with Crippen molar-refractivity contribution in [3.8, 4) is 0 Å². The summed E-state index contributed by atoms with van der Waals surface area (Å²) in [5, 5.41) is 20.8. The minimum absolute atomic E-state index is 0.0926. The predicted molar refractivity (Wildman–Crippen MR) is 66.8 cm³/mol. The molecule has 0 aromatic heterocycles. The minimum atomic E-state index is -0.560. The van der Waals surface area contributed by atoms with Crippen LogP contribution in [0, 0.1) is 35.0 Å². The van der Waals surface area contributed by atoms with E-state index in [1.54, 1.807) is 0 Å². The lowest BCUT2D eigenvalue weighted by Crippen LogP contribution is -2.53. The van der Waals surface area contributed by atoms with Gasteiger partial charge in [-0.1, -0.05) is 20.8 Å². The normalized spacial score (nSPS) is 65.0. The van der Waals surface area contributed by atoms with Gasteiger partial charge in [-0.15, -0.1) is 0 Å². The number of epoxide rings is 1. The van der Waals surface area contributed by atoms with Gasteiger partial charge in [0.05, 0.1) is 18.8 Å². The van der Waals surface area contributed by atoms with E-state index in [-0.39, 0.29) is 22.9 Å². The molecule has 0 aromatic carbocycles. The molecule has 4 aliphatic rings. The van der Waals surface area contributed by atoms with Gasteiger partial charge < -0.3 is 14.9 Å². The third kappa shape index (κ3) is 0.981. The van der Waals surface area contributed by atoms with Gasteiger partial charge in [-0.25, -0.2) is 0 Å². The Morgan fingerprint density at radius 3 is 2.33 bits per heavy atom. The average molecular weight is 252 g/mol. The van der Waals surface area contributed by atoms with Crippen LogP contribution in [0.15, 0.2) is 0 Å². The lowest BCUT2D eigenvalue weighted by Gasteiger charge is -2.47. The van der Waals surface area contributed by atoms with E-state index in [1.165, 1.54) is 6.42 Å². The summed E-state index contributed by atoms with van der Waals surface area (Å²) < 4.78 is 5.88. The molecule has 18 heavy (non-hydrogen) atoms. The van der Waals surface area contributed by atoms with E-state index in [9.17, 15) is 10.2 Å². The number of fused-ring (bicyclic) bond motifs is 2. The fourth-order valence-electron chi connectivity index (χ4n) is 6.10. The lowest BCUT2D eigenvalue weighted by molar-refractivity contribution is -0.107. The van der Waals surface area contributed by atoms with E-state index >= 15 is 0 Å². The van der Waals surface area contributed by atoms with Crippen molar-refractivity contribution in [3.63, 3.8) is 0 Å². The molecule has 3 aliphatic carbocycles. The van der Waals surface area contributed by atoms with E-state index in [4.69, 9.17) is 4.74 Å². The molecule has 0 radical (unpaired) electrons. The van der Waals surface area contributed by atoms with Crippen LogP contribution in [0.1, 0.15) is 33.6 Å². The van der Waals surface area contributed by atoms with Crippen molar-refractivity contribution in [1.29, 1.82) is 0 Å². The third-order valence-electron chi connectivity index (χ3n) is 6.96. The van der Waals surface area contributed by atoms with Crippen LogP contribution in [0.5, 0.6) is 0 Å². The summed E-state index contributed by atoms with van der Waals surface area (Å²) in [6, 6.07) is 0. The molecule has 1 saturated heterocycles. The van der Waals surface area contributed by atoms with E-state index in [0.717, 1.165) is 13.0 Å². The van der Waals surface area contributed by atoms with Crippen LogP contribution in [0.25, 0.3) is 0 Å². The summed E-state index contributed by atoms with van der Waals surface area (Å²) in [4.78, 5) is 0. The van der Waals surface area contributed by atoms with Crippen molar-refractivity contribution >= 4 is 0 Å². The molecule has 2 N–H and O–H groups in total. The summed E-state index contributed by atoms with van der Waals surface area (Å²) in [5.74, 6) is 2.18. The SMILES string of the molecule is CC(C)[C@H]1CC[C@@]2(C)[C@H]3[C@H](O)[C@H](O)[C@H]([C@@H]31)[C@@]21CO1. The fraction of sp³-hybridized carbons (Fsp3) is 1.00. The van der Waals surface area contributed by atoms with Crippen molar-refractivity contribution in [1.82, 2.24) is 0 Å². The number of aliphatic hydroxyl groups is 2. The van der Waals surface area contributed by atoms with Gasteiger partial charge in [0.2, 0.25) is 0 Å². The predicted octanol–water partition coefficient (Wildman–Crippen LogP) is 1.43. The number of ether oxygens (including phenoxy) is 1. The van der Waals surface area contributed by atoms with Gasteiger partial charge in [0, 0.05) is 11.3 Å². The van der Waals surface area contributed by atoms with Gasteiger partial charge in [0.1, 0.15) is 5.60 Å². The van der Waals surface area contributed by atoms with Crippen LogP contribution in [-0.4, -0.2) is 34.6 Å². The number of hydrogen-bond acceptors (Lipinski definition) is 3. The van der Waals surface area contributed by atoms with Gasteiger partial charge in [-0.05, 0) is 36.5 Å². The zero-order chi connectivity index (χ0) is 12.9. The van der Waals surface area contributed by atoms with Crippen LogP contribution < -0.4 is 0 Å². The van der Waals surface area contributed by atoms with E-state index in [1.807, 2.05) is 0 Å². The molecule has 0 unspecified atom stereocenters. The van der Waals surface area contributed by atoms with Crippen LogP contribution in [-0.2, 0) is 4.74 Å². The number of rotatable bonds is 1. The largest absolute Gasteiger partial charge is 0.390 e. The quantitative estimate of drug-likeness (QED) is 0.694. The molecule has 8 atom stereocenters. The molecule has 4 bridgehead atoms. The Morgan fingerprint density at radius 2 is 1.78 bits per heavy atom. The standard InChI is InChI=1S/C15H24O3/c1-7(2)8-4-5-14(3)10-9(8)11(13(17)12(10)16)15(14)6-18-15/h7-13,16-17H,4-6H2,1-3H3/t8-,9-,10-,11+,12+,13-,14+,15+/m1/s1. The van der Waals surface area contributed by atoms with Gasteiger partial charge in [0.15, 0.2) is 0 Å². The topological polar surface area (TPSA) is 53.0 Å². The second-order valence-corrected chi connectivity index (χ2v) is 7.65. The molecule has 102 valence electrons. The molecule has 1 aliphatic heterocycles. The molecular formula is C15H24O3. The number of aliphatic hydroxyl groups excluding tert-OH is 2. The van der Waals surface area contributed by atoms with Crippen molar-refractivity contribution in [2.45, 2.75) is 51.4 Å². The highest BCUT2D eigenvalue weighted by molar-refractivity contribution is 5.30. The molecule has 4 rings (SSSR count). The zero-order valence-corrected chi connectivity index (χ0v) is 11.5. The maximum Gasteiger partial charge on any atom is 0.103 e. The summed E-state index contributed by atoms with van der Waals surface area (Å²) >= 11 is 0. The molecule has 1 heterocycles. The monoisotopic (exact) mass is 252 g/mol. The molecule has 3 heteroatoms. The highest BCUT2D eigenvalue weighted by Crippen LogP contribution is 2.76. The van der Waals surface area contributed by atoms with Gasteiger partial charge in [0.25, 0.3) is 0 Å². The maximum absolute atomic E-state index is 10.4. The summed E-state index contributed by atoms with van der Waals surface area (Å²) in [6.07, 6.45) is 1.30. The maximum atomic E-state index is 10.4. The summed E-state index contributed by atoms with van der Waals surface area (Å²) in [5.41, 5.74) is 0.0109. The fourth-order valence-corrected chi connectivity index (χ4v) is 6.10. The van der Waals surface area contributed by atoms with Gasteiger partial charge in [-0.3, -0.25) is 0 Å². The molecule has 0 amide bonds. The Morgan fingerprint density at radius 1 is 1.17 bits per heavy atom. The first kappa shape index (κ1) is 11.7. The molecule has 0 aromatic rings. The first-order valence-electron chi connectivity index (χ1n) is 7.44. The summed E-state index contributed by atoms with van der Waals surface area (Å²) in [7, 11) is 0. The second kappa shape index (κ2) is 3.13. The van der Waals surface area contributed by atoms with E-state index < -0.39 is 12.2 Å². The summed E-state index contributed by atoms with van der Waals surface area (Å²) in [6.45, 7) is 7.66. The van der Waals surface area contributed by atoms with Crippen molar-refractivity contribution in [2.24, 2.45) is 35.0 Å². The zero-order valence-electron chi connectivity index (χ0n) is 11.5. The molecule has 4 fully saturated rings. The van der Waals surface area contributed by atoms with Crippen molar-refractivity contribution in [2.75, 3.05) is 6.61 Å². The Labute approximate surface area is 109 Å². The smallest absolute Gasteiger partial charge is 0.103 e. The first-order valence-corrected chi connectivity index (χ1v) is 7.44. The average Bonchev–Trinajstić information content (AvgIpc) is 3.02. The van der Waals surface area contributed by atoms with Gasteiger partial charge in [-0.2, -0.15) is 0 Å². The van der Waals surface area contributed by atoms with Crippen LogP contribution >= 0.6 is 0 Å². The van der Waals surface area contributed by atoms with Crippen LogP contribution in [0.2, 0.25) is 0 Å². The van der Waals surface area contributed by atoms with Crippen LogP contribution in [0.4, 0.5) is 0 Å². The Balaban J connectivity index is 1.83. The lowest BCUT2D eigenvalue weighted by atomic mass is 9.59. The minimum Gasteiger partial charge on any atom is -0.390 e. The molecule has 1 spiro atoms. The van der Waals surface area contributed by atoms with Crippen LogP contribution in [0.3, 0.4) is 0 Å². The highest BCUT2D eigenvalue weighted by Gasteiger charge is 2.82. The molecular weight excluding hydrogens is 228 g/mol. The Bertz CT molecular complexity index is 379.